The van der Waals surface area contributed by atoms with Gasteiger partial charge in [0.2, 0.25) is 0 Å². The van der Waals surface area contributed by atoms with Crippen molar-refractivity contribution >= 4 is 43.4 Å². The molecule has 0 saturated heterocycles. The van der Waals surface area contributed by atoms with Gasteiger partial charge in [-0.05, 0) is 65.2 Å². The normalized spacial score (nSPS) is 10.4. The lowest BCUT2D eigenvalue weighted by atomic mass is 10.1. The third-order valence-electron chi connectivity index (χ3n) is 2.42. The Labute approximate surface area is 118 Å². The van der Waals surface area contributed by atoms with Crippen LogP contribution in [0.3, 0.4) is 0 Å². The molecular formula is C13H12Br2N2. The first kappa shape index (κ1) is 12.6. The summed E-state index contributed by atoms with van der Waals surface area (Å²) < 4.78 is 1.98. The lowest BCUT2D eigenvalue weighted by molar-refractivity contribution is 1.25. The Morgan fingerprint density at radius 2 is 1.71 bits per heavy atom. The van der Waals surface area contributed by atoms with Crippen molar-refractivity contribution in [3.63, 3.8) is 0 Å². The highest BCUT2D eigenvalue weighted by Crippen LogP contribution is 2.26. The number of nitrogens with zero attached hydrogens (tertiary/aromatic N) is 1. The number of aromatic nitrogens is 1. The van der Waals surface area contributed by atoms with E-state index in [1.54, 1.807) is 0 Å². The minimum atomic E-state index is 0.827. The summed E-state index contributed by atoms with van der Waals surface area (Å²) in [5.41, 5.74) is 3.47. The molecule has 88 valence electrons. The van der Waals surface area contributed by atoms with Gasteiger partial charge in [0, 0.05) is 10.2 Å². The second-order valence-corrected chi connectivity index (χ2v) is 5.50. The summed E-state index contributed by atoms with van der Waals surface area (Å²) >= 11 is 6.92. The monoisotopic (exact) mass is 354 g/mol. The zero-order valence-corrected chi connectivity index (χ0v) is 12.8. The van der Waals surface area contributed by atoms with Gasteiger partial charge in [0.15, 0.2) is 0 Å². The molecule has 1 aromatic carbocycles. The van der Waals surface area contributed by atoms with Crippen LogP contribution in [0.2, 0.25) is 0 Å². The third-order valence-corrected chi connectivity index (χ3v) is 4.12. The molecule has 0 unspecified atom stereocenters. The largest absolute Gasteiger partial charge is 0.340 e. The van der Waals surface area contributed by atoms with Gasteiger partial charge >= 0.3 is 0 Å². The molecule has 0 fully saturated rings. The molecule has 0 aliphatic heterocycles. The summed E-state index contributed by atoms with van der Waals surface area (Å²) in [5, 5.41) is 3.29. The van der Waals surface area contributed by atoms with Gasteiger partial charge in [0.05, 0.1) is 0 Å². The van der Waals surface area contributed by atoms with Crippen LogP contribution >= 0.6 is 31.9 Å². The molecule has 2 rings (SSSR count). The molecule has 4 heteroatoms. The SMILES string of the molecule is Cc1cc(Nc2cccc(Br)n2)cc(C)c1Br. The molecule has 0 aliphatic carbocycles. The fourth-order valence-corrected chi connectivity index (χ4v) is 2.22. The smallest absolute Gasteiger partial charge is 0.131 e. The van der Waals surface area contributed by atoms with Crippen molar-refractivity contribution in [1.82, 2.24) is 4.98 Å². The average Bonchev–Trinajstić information content (AvgIpc) is 2.26. The number of pyridine rings is 1. The fraction of sp³-hybridized carbons (Fsp3) is 0.154. The molecule has 1 heterocycles. The van der Waals surface area contributed by atoms with E-state index in [1.165, 1.54) is 11.1 Å². The molecule has 0 aliphatic rings. The number of rotatable bonds is 2. The van der Waals surface area contributed by atoms with Crippen molar-refractivity contribution in [2.75, 3.05) is 5.32 Å². The van der Waals surface area contributed by atoms with Crippen LogP contribution in [0.1, 0.15) is 11.1 Å². The predicted molar refractivity (Wildman–Crippen MR) is 78.8 cm³/mol. The van der Waals surface area contributed by atoms with E-state index in [0.717, 1.165) is 20.6 Å². The van der Waals surface area contributed by atoms with Crippen LogP contribution in [0.5, 0.6) is 0 Å². The standard InChI is InChI=1S/C13H12Br2N2/c1-8-6-10(7-9(2)13(8)15)16-12-5-3-4-11(14)17-12/h3-7H,1-2H3,(H,16,17). The highest BCUT2D eigenvalue weighted by Gasteiger charge is 2.03. The molecule has 0 bridgehead atoms. The van der Waals surface area contributed by atoms with Crippen molar-refractivity contribution in [1.29, 1.82) is 0 Å². The lowest BCUT2D eigenvalue weighted by Crippen LogP contribution is -1.95. The number of halogens is 2. The minimum Gasteiger partial charge on any atom is -0.340 e. The highest BCUT2D eigenvalue weighted by molar-refractivity contribution is 9.10. The molecule has 2 aromatic rings. The summed E-state index contributed by atoms with van der Waals surface area (Å²) in [6, 6.07) is 10.00. The number of aryl methyl sites for hydroxylation is 2. The summed E-state index contributed by atoms with van der Waals surface area (Å²) in [6.07, 6.45) is 0. The maximum Gasteiger partial charge on any atom is 0.131 e. The van der Waals surface area contributed by atoms with Gasteiger partial charge in [0.25, 0.3) is 0 Å². The lowest BCUT2D eigenvalue weighted by Gasteiger charge is -2.10. The van der Waals surface area contributed by atoms with Gasteiger partial charge < -0.3 is 5.32 Å². The summed E-state index contributed by atoms with van der Waals surface area (Å²) in [4.78, 5) is 4.34. The maximum atomic E-state index is 4.34. The Balaban J connectivity index is 2.31. The van der Waals surface area contributed by atoms with Crippen LogP contribution < -0.4 is 5.32 Å². The summed E-state index contributed by atoms with van der Waals surface area (Å²) in [7, 11) is 0. The molecule has 2 nitrogen and oxygen atoms in total. The maximum absolute atomic E-state index is 4.34. The van der Waals surface area contributed by atoms with E-state index in [1.807, 2.05) is 18.2 Å². The van der Waals surface area contributed by atoms with Gasteiger partial charge in [-0.25, -0.2) is 4.98 Å². The molecule has 0 amide bonds. The summed E-state index contributed by atoms with van der Waals surface area (Å²) in [6.45, 7) is 4.16. The zero-order chi connectivity index (χ0) is 12.4. The van der Waals surface area contributed by atoms with Gasteiger partial charge in [-0.2, -0.15) is 0 Å². The minimum absolute atomic E-state index is 0.827. The highest BCUT2D eigenvalue weighted by atomic mass is 79.9. The van der Waals surface area contributed by atoms with Crippen LogP contribution in [0.25, 0.3) is 0 Å². The molecule has 1 aromatic heterocycles. The van der Waals surface area contributed by atoms with Crippen molar-refractivity contribution in [2.45, 2.75) is 13.8 Å². The Kier molecular flexibility index (Phi) is 3.84. The van der Waals surface area contributed by atoms with Crippen molar-refractivity contribution in [3.8, 4) is 0 Å². The van der Waals surface area contributed by atoms with Crippen LogP contribution in [-0.2, 0) is 0 Å². The second kappa shape index (κ2) is 5.19. The molecule has 0 saturated carbocycles. The van der Waals surface area contributed by atoms with E-state index < -0.39 is 0 Å². The molecule has 0 radical (unpaired) electrons. The van der Waals surface area contributed by atoms with E-state index in [-0.39, 0.29) is 0 Å². The first-order valence-electron chi connectivity index (χ1n) is 5.22. The van der Waals surface area contributed by atoms with E-state index in [9.17, 15) is 0 Å². The number of benzene rings is 1. The Hall–Kier alpha value is -0.870. The zero-order valence-electron chi connectivity index (χ0n) is 9.59. The Bertz CT molecular complexity index is 530. The van der Waals surface area contributed by atoms with Gasteiger partial charge in [-0.15, -0.1) is 0 Å². The molecule has 0 spiro atoms. The number of hydrogen-bond donors (Lipinski definition) is 1. The topological polar surface area (TPSA) is 24.9 Å². The van der Waals surface area contributed by atoms with Crippen LogP contribution in [0.15, 0.2) is 39.4 Å². The number of nitrogens with one attached hydrogen (secondary N) is 1. The van der Waals surface area contributed by atoms with Gasteiger partial charge in [0.1, 0.15) is 10.4 Å². The Morgan fingerprint density at radius 1 is 1.06 bits per heavy atom. The van der Waals surface area contributed by atoms with Gasteiger partial charge in [-0.1, -0.05) is 22.0 Å². The van der Waals surface area contributed by atoms with Crippen molar-refractivity contribution in [2.24, 2.45) is 0 Å². The predicted octanol–water partition coefficient (Wildman–Crippen LogP) is 4.97. The molecule has 0 atom stereocenters. The van der Waals surface area contributed by atoms with Gasteiger partial charge in [-0.3, -0.25) is 0 Å². The van der Waals surface area contributed by atoms with Crippen molar-refractivity contribution < 1.29 is 0 Å². The third kappa shape index (κ3) is 3.07. The van der Waals surface area contributed by atoms with Crippen LogP contribution in [0, 0.1) is 13.8 Å². The molecule has 17 heavy (non-hydrogen) atoms. The first-order chi connectivity index (χ1) is 8.06. The van der Waals surface area contributed by atoms with E-state index in [2.05, 4.69) is 68.1 Å². The van der Waals surface area contributed by atoms with E-state index >= 15 is 0 Å². The number of anilines is 2. The Morgan fingerprint density at radius 3 is 2.29 bits per heavy atom. The average molecular weight is 356 g/mol. The number of hydrogen-bond acceptors (Lipinski definition) is 2. The van der Waals surface area contributed by atoms with Crippen LogP contribution in [0.4, 0.5) is 11.5 Å². The second-order valence-electron chi connectivity index (χ2n) is 3.89. The van der Waals surface area contributed by atoms with E-state index in [0.29, 0.717) is 0 Å². The van der Waals surface area contributed by atoms with Crippen LogP contribution in [-0.4, -0.2) is 4.98 Å². The fourth-order valence-electron chi connectivity index (χ4n) is 1.64. The summed E-state index contributed by atoms with van der Waals surface area (Å²) in [5.74, 6) is 0.834. The first-order valence-corrected chi connectivity index (χ1v) is 6.81. The quantitative estimate of drug-likeness (QED) is 0.769. The molecule has 1 N–H and O–H groups in total. The molecular weight excluding hydrogens is 344 g/mol. The van der Waals surface area contributed by atoms with E-state index in [4.69, 9.17) is 0 Å². The van der Waals surface area contributed by atoms with Crippen molar-refractivity contribution in [3.05, 3.63) is 50.5 Å².